The van der Waals surface area contributed by atoms with Crippen molar-refractivity contribution in [3.05, 3.63) is 152 Å². The number of aromatic nitrogens is 5. The fourth-order valence-electron chi connectivity index (χ4n) is 6.05. The van der Waals surface area contributed by atoms with Crippen molar-refractivity contribution in [2.24, 2.45) is 0 Å². The second-order valence-corrected chi connectivity index (χ2v) is 12.3. The molecule has 0 radical (unpaired) electrons. The second kappa shape index (κ2) is 10.9. The van der Waals surface area contributed by atoms with Crippen molar-refractivity contribution < 1.29 is 0 Å². The van der Waals surface area contributed by atoms with Gasteiger partial charge in [-0.1, -0.05) is 109 Å². The van der Waals surface area contributed by atoms with Gasteiger partial charge in [0, 0.05) is 54.8 Å². The number of nitrogens with zero attached hydrogens (tertiary/aromatic N) is 5. The van der Waals surface area contributed by atoms with E-state index < -0.39 is 0 Å². The maximum absolute atomic E-state index is 5.08. The van der Waals surface area contributed by atoms with Crippen LogP contribution >= 0.6 is 11.3 Å². The highest BCUT2D eigenvalue weighted by atomic mass is 32.1. The van der Waals surface area contributed by atoms with Crippen LogP contribution in [-0.4, -0.2) is 24.3 Å². The molecule has 0 atom stereocenters. The SMILES string of the molecule is c1ccc(-c2nc(-c3ccc(-c4cccc(-c5cn6ccccc6n5)c4)cc3)nc(-c3cccc4sc5ccccc5c34)n2)cc1. The average molecular weight is 608 g/mol. The molecular weight excluding hydrogens is 583 g/mol. The number of imidazole rings is 1. The normalized spacial score (nSPS) is 11.5. The Kier molecular flexibility index (Phi) is 6.25. The highest BCUT2D eigenvalue weighted by Gasteiger charge is 2.17. The molecule has 0 bridgehead atoms. The molecule has 4 aromatic heterocycles. The van der Waals surface area contributed by atoms with Crippen LogP contribution in [0.4, 0.5) is 0 Å². The van der Waals surface area contributed by atoms with E-state index in [0.29, 0.717) is 17.5 Å². The van der Waals surface area contributed by atoms with Gasteiger partial charge in [0.15, 0.2) is 17.5 Å². The molecule has 0 fully saturated rings. The topological polar surface area (TPSA) is 56.0 Å². The molecule has 9 rings (SSSR count). The third-order valence-electron chi connectivity index (χ3n) is 8.31. The van der Waals surface area contributed by atoms with Crippen molar-refractivity contribution in [1.29, 1.82) is 0 Å². The zero-order valence-corrected chi connectivity index (χ0v) is 25.4. The molecule has 0 aliphatic heterocycles. The maximum Gasteiger partial charge on any atom is 0.164 e. The first kappa shape index (κ1) is 26.4. The van der Waals surface area contributed by atoms with Gasteiger partial charge in [-0.05, 0) is 41.5 Å². The lowest BCUT2D eigenvalue weighted by Crippen LogP contribution is -2.00. The van der Waals surface area contributed by atoms with Crippen LogP contribution in [0.1, 0.15) is 0 Å². The summed E-state index contributed by atoms with van der Waals surface area (Å²) in [6.07, 6.45) is 4.09. The molecule has 0 saturated heterocycles. The molecule has 6 heteroatoms. The van der Waals surface area contributed by atoms with Gasteiger partial charge in [-0.2, -0.15) is 0 Å². The largest absolute Gasteiger partial charge is 0.306 e. The van der Waals surface area contributed by atoms with Gasteiger partial charge in [-0.3, -0.25) is 0 Å². The third kappa shape index (κ3) is 4.64. The summed E-state index contributed by atoms with van der Waals surface area (Å²) in [6, 6.07) is 48.1. The van der Waals surface area contributed by atoms with E-state index in [0.717, 1.165) is 44.7 Å². The van der Waals surface area contributed by atoms with Gasteiger partial charge in [-0.25, -0.2) is 19.9 Å². The van der Waals surface area contributed by atoms with E-state index in [9.17, 15) is 0 Å². The highest BCUT2D eigenvalue weighted by Crippen LogP contribution is 2.39. The highest BCUT2D eigenvalue weighted by molar-refractivity contribution is 7.25. The Hall–Kier alpha value is -5.98. The summed E-state index contributed by atoms with van der Waals surface area (Å²) >= 11 is 1.80. The van der Waals surface area contributed by atoms with Crippen molar-refractivity contribution in [2.45, 2.75) is 0 Å². The van der Waals surface area contributed by atoms with Gasteiger partial charge >= 0.3 is 0 Å². The molecule has 0 N–H and O–H groups in total. The summed E-state index contributed by atoms with van der Waals surface area (Å²) in [5.41, 5.74) is 8.09. The van der Waals surface area contributed by atoms with Crippen LogP contribution in [0.15, 0.2) is 152 Å². The summed E-state index contributed by atoms with van der Waals surface area (Å²) < 4.78 is 4.52. The summed E-state index contributed by atoms with van der Waals surface area (Å²) in [4.78, 5) is 19.9. The first-order valence-electron chi connectivity index (χ1n) is 15.1. The number of rotatable bonds is 5. The molecule has 5 aromatic carbocycles. The van der Waals surface area contributed by atoms with Crippen molar-refractivity contribution in [1.82, 2.24) is 24.3 Å². The minimum absolute atomic E-state index is 0.644. The lowest BCUT2D eigenvalue weighted by atomic mass is 10.0. The van der Waals surface area contributed by atoms with Crippen LogP contribution in [0.5, 0.6) is 0 Å². The van der Waals surface area contributed by atoms with Crippen LogP contribution in [0, 0.1) is 0 Å². The predicted molar refractivity (Wildman–Crippen MR) is 189 cm³/mol. The van der Waals surface area contributed by atoms with Gasteiger partial charge in [0.25, 0.3) is 0 Å². The molecule has 46 heavy (non-hydrogen) atoms. The lowest BCUT2D eigenvalue weighted by Gasteiger charge is -2.10. The van der Waals surface area contributed by atoms with Crippen LogP contribution in [0.3, 0.4) is 0 Å². The predicted octanol–water partition coefficient (Wildman–Crippen LogP) is 10.2. The number of fused-ring (bicyclic) bond motifs is 4. The molecule has 5 nitrogen and oxygen atoms in total. The Morgan fingerprint density at radius 3 is 1.96 bits per heavy atom. The summed E-state index contributed by atoms with van der Waals surface area (Å²) in [7, 11) is 0. The van der Waals surface area contributed by atoms with Gasteiger partial charge in [-0.15, -0.1) is 11.3 Å². The van der Waals surface area contributed by atoms with Crippen LogP contribution in [0.25, 0.3) is 82.4 Å². The Labute approximate surface area is 269 Å². The summed E-state index contributed by atoms with van der Waals surface area (Å²) in [5.74, 6) is 1.97. The van der Waals surface area contributed by atoms with E-state index in [1.807, 2.05) is 59.1 Å². The summed E-state index contributed by atoms with van der Waals surface area (Å²) in [6.45, 7) is 0. The van der Waals surface area contributed by atoms with Crippen molar-refractivity contribution >= 4 is 37.2 Å². The van der Waals surface area contributed by atoms with Crippen molar-refractivity contribution in [2.75, 3.05) is 0 Å². The van der Waals surface area contributed by atoms with Gasteiger partial charge in [0.2, 0.25) is 0 Å². The molecule has 0 aliphatic carbocycles. The first-order valence-corrected chi connectivity index (χ1v) is 16.0. The Balaban J connectivity index is 1.14. The third-order valence-corrected chi connectivity index (χ3v) is 9.45. The van der Waals surface area contributed by atoms with Crippen LogP contribution < -0.4 is 0 Å². The standard InChI is InChI=1S/C40H25N5S/c1-2-10-27(11-3-1)38-42-39(44-40(43-38)32-15-9-17-35-37(32)31-14-4-5-16-34(31)46-35)28-21-19-26(20-22-28)29-12-8-13-30(24-29)33-25-45-23-7-6-18-36(45)41-33/h1-25H. The molecule has 4 heterocycles. The quantitative estimate of drug-likeness (QED) is 0.195. The molecule has 0 saturated carbocycles. The molecule has 9 aromatic rings. The minimum atomic E-state index is 0.644. The van der Waals surface area contributed by atoms with E-state index in [4.69, 9.17) is 19.9 Å². The van der Waals surface area contributed by atoms with E-state index in [1.165, 1.54) is 20.2 Å². The number of hydrogen-bond donors (Lipinski definition) is 0. The van der Waals surface area contributed by atoms with Gasteiger partial charge in [0.1, 0.15) is 5.65 Å². The average Bonchev–Trinajstić information content (AvgIpc) is 3.74. The van der Waals surface area contributed by atoms with Crippen LogP contribution in [0.2, 0.25) is 0 Å². The van der Waals surface area contributed by atoms with Crippen LogP contribution in [-0.2, 0) is 0 Å². The zero-order chi connectivity index (χ0) is 30.5. The Morgan fingerprint density at radius 2 is 1.11 bits per heavy atom. The van der Waals surface area contributed by atoms with E-state index in [-0.39, 0.29) is 0 Å². The van der Waals surface area contributed by atoms with E-state index >= 15 is 0 Å². The Bertz CT molecular complexity index is 2500. The number of benzene rings is 5. The fraction of sp³-hybridized carbons (Fsp3) is 0. The van der Waals surface area contributed by atoms with Crippen molar-refractivity contribution in [3.63, 3.8) is 0 Å². The Morgan fingerprint density at radius 1 is 0.457 bits per heavy atom. The van der Waals surface area contributed by atoms with Gasteiger partial charge < -0.3 is 4.40 Å². The molecule has 0 unspecified atom stereocenters. The van der Waals surface area contributed by atoms with Gasteiger partial charge in [0.05, 0.1) is 5.69 Å². The lowest BCUT2D eigenvalue weighted by molar-refractivity contribution is 1.08. The van der Waals surface area contributed by atoms with Crippen molar-refractivity contribution in [3.8, 4) is 56.5 Å². The minimum Gasteiger partial charge on any atom is -0.306 e. The fourth-order valence-corrected chi connectivity index (χ4v) is 7.18. The smallest absolute Gasteiger partial charge is 0.164 e. The zero-order valence-electron chi connectivity index (χ0n) is 24.6. The van der Waals surface area contributed by atoms with E-state index in [2.05, 4.69) is 97.2 Å². The number of hydrogen-bond acceptors (Lipinski definition) is 5. The monoisotopic (exact) mass is 607 g/mol. The summed E-state index contributed by atoms with van der Waals surface area (Å²) in [5, 5.41) is 2.40. The first-order chi connectivity index (χ1) is 22.8. The molecule has 0 aliphatic rings. The molecule has 0 spiro atoms. The number of pyridine rings is 1. The molecule has 216 valence electrons. The molecule has 0 amide bonds. The maximum atomic E-state index is 5.08. The molecular formula is C40H25N5S. The second-order valence-electron chi connectivity index (χ2n) is 11.2. The number of thiophene rings is 1. The van der Waals surface area contributed by atoms with E-state index in [1.54, 1.807) is 11.3 Å².